The summed E-state index contributed by atoms with van der Waals surface area (Å²) in [5.74, 6) is 0. The molecule has 0 N–H and O–H groups in total. The van der Waals surface area contributed by atoms with Crippen molar-refractivity contribution in [1.82, 2.24) is 4.40 Å². The molecule has 4 heterocycles. The van der Waals surface area contributed by atoms with E-state index in [0.29, 0.717) is 0 Å². The molecule has 0 radical (unpaired) electrons. The van der Waals surface area contributed by atoms with Crippen molar-refractivity contribution in [1.29, 1.82) is 0 Å². The highest BCUT2D eigenvalue weighted by Gasteiger charge is 2.26. The number of aromatic nitrogens is 1. The second-order valence-corrected chi connectivity index (χ2v) is 14.3. The van der Waals surface area contributed by atoms with Crippen LogP contribution in [0, 0.1) is 0 Å². The summed E-state index contributed by atoms with van der Waals surface area (Å²) < 4.78 is 16.0. The molecular formula is C50H27NO2. The zero-order valence-electron chi connectivity index (χ0n) is 28.4. The molecule has 13 aromatic rings. The van der Waals surface area contributed by atoms with Crippen molar-refractivity contribution >= 4 is 104 Å². The molecule has 53 heavy (non-hydrogen) atoms. The largest absolute Gasteiger partial charge is 0.454 e. The number of hydrogen-bond donors (Lipinski definition) is 0. The molecule has 0 atom stereocenters. The maximum atomic E-state index is 6.78. The van der Waals surface area contributed by atoms with Crippen LogP contribution in [0.5, 0.6) is 0 Å². The first-order valence-electron chi connectivity index (χ1n) is 18.2. The van der Waals surface area contributed by atoms with Crippen molar-refractivity contribution in [3.63, 3.8) is 0 Å². The Kier molecular flexibility index (Phi) is 5.11. The first kappa shape index (κ1) is 27.6. The van der Waals surface area contributed by atoms with Gasteiger partial charge in [-0.25, -0.2) is 0 Å². The number of para-hydroxylation sites is 2. The van der Waals surface area contributed by atoms with E-state index in [4.69, 9.17) is 8.83 Å². The topological polar surface area (TPSA) is 30.7 Å². The Morgan fingerprint density at radius 1 is 0.283 bits per heavy atom. The summed E-state index contributed by atoms with van der Waals surface area (Å²) in [6, 6.07) is 59.3. The fourth-order valence-electron chi connectivity index (χ4n) is 9.55. The van der Waals surface area contributed by atoms with E-state index in [1.807, 2.05) is 12.1 Å². The fraction of sp³-hybridized carbons (Fsp3) is 0. The van der Waals surface area contributed by atoms with Gasteiger partial charge in [-0.15, -0.1) is 0 Å². The minimum atomic E-state index is 0.894. The third-order valence-electron chi connectivity index (χ3n) is 11.7. The van der Waals surface area contributed by atoms with Gasteiger partial charge in [-0.2, -0.15) is 0 Å². The van der Waals surface area contributed by atoms with Crippen LogP contribution >= 0.6 is 0 Å². The molecule has 0 saturated heterocycles. The van der Waals surface area contributed by atoms with Crippen LogP contribution in [0.1, 0.15) is 0 Å². The Bertz CT molecular complexity index is 3460. The smallest absolute Gasteiger partial charge is 0.160 e. The molecule has 9 aromatic carbocycles. The van der Waals surface area contributed by atoms with Gasteiger partial charge in [-0.3, -0.25) is 0 Å². The van der Waals surface area contributed by atoms with Gasteiger partial charge >= 0.3 is 0 Å². The predicted octanol–water partition coefficient (Wildman–Crippen LogP) is 14.3. The Hall–Kier alpha value is -7.10. The molecular weight excluding hydrogens is 647 g/mol. The maximum absolute atomic E-state index is 6.78. The van der Waals surface area contributed by atoms with Crippen LogP contribution in [-0.2, 0) is 0 Å². The number of fused-ring (bicyclic) bond motifs is 16. The van der Waals surface area contributed by atoms with Gasteiger partial charge < -0.3 is 13.2 Å². The summed E-state index contributed by atoms with van der Waals surface area (Å²) in [5.41, 5.74) is 11.9. The summed E-state index contributed by atoms with van der Waals surface area (Å²) in [4.78, 5) is 0. The molecule has 3 nitrogen and oxygen atoms in total. The van der Waals surface area contributed by atoms with E-state index in [0.717, 1.165) is 54.9 Å². The summed E-state index contributed by atoms with van der Waals surface area (Å²) in [6.07, 6.45) is 0. The van der Waals surface area contributed by atoms with Gasteiger partial charge in [0.25, 0.3) is 0 Å². The first-order valence-corrected chi connectivity index (χ1v) is 18.2. The van der Waals surface area contributed by atoms with E-state index in [1.165, 1.54) is 70.9 Å². The number of nitrogens with zero attached hydrogens (tertiary/aromatic N) is 1. The lowest BCUT2D eigenvalue weighted by Gasteiger charge is -2.18. The number of benzene rings is 9. The standard InChI is InChI=1S/C50H27NO2/c1-2-12-28(13-3-1)44-32-16-4-6-18-34(32)45(35-19-7-5-17-33(35)44)29-26-40-36-22-24-38-30-14-8-10-20-42(30)52-49(38)47(36)51-46(40)41(27-29)37-23-25-39-31-15-9-11-21-43(31)53-50(39)48(37)51/h1-27H. The Morgan fingerprint density at radius 3 is 1.17 bits per heavy atom. The summed E-state index contributed by atoms with van der Waals surface area (Å²) in [5, 5.41) is 14.2. The predicted molar refractivity (Wildman–Crippen MR) is 222 cm³/mol. The van der Waals surface area contributed by atoms with Crippen LogP contribution in [0.2, 0.25) is 0 Å². The normalized spacial score (nSPS) is 12.5. The SMILES string of the molecule is c1ccc(-c2c3ccccc3c(-c3cc4c5ccc6c7ccccc7oc6c5n5c4c(c3)c3ccc4c6ccccc6oc4c35)c3ccccc23)cc1. The van der Waals surface area contributed by atoms with Crippen molar-refractivity contribution in [2.24, 2.45) is 0 Å². The van der Waals surface area contributed by atoms with Crippen LogP contribution in [-0.4, -0.2) is 4.40 Å². The van der Waals surface area contributed by atoms with Gasteiger partial charge in [0.05, 0.1) is 16.6 Å². The molecule has 0 amide bonds. The van der Waals surface area contributed by atoms with Gasteiger partial charge in [0.15, 0.2) is 11.2 Å². The van der Waals surface area contributed by atoms with Gasteiger partial charge in [0.2, 0.25) is 0 Å². The molecule has 3 heteroatoms. The Balaban J connectivity index is 1.26. The molecule has 0 aliphatic heterocycles. The molecule has 0 unspecified atom stereocenters. The first-order chi connectivity index (χ1) is 26.3. The van der Waals surface area contributed by atoms with Gasteiger partial charge in [0, 0.05) is 43.1 Å². The molecule has 244 valence electrons. The lowest BCUT2D eigenvalue weighted by atomic mass is 9.85. The third kappa shape index (κ3) is 3.44. The lowest BCUT2D eigenvalue weighted by Crippen LogP contribution is -1.90. The van der Waals surface area contributed by atoms with E-state index in [9.17, 15) is 0 Å². The van der Waals surface area contributed by atoms with E-state index >= 15 is 0 Å². The lowest BCUT2D eigenvalue weighted by molar-refractivity contribution is 0.670. The quantitative estimate of drug-likeness (QED) is 0.171. The average molecular weight is 674 g/mol. The molecule has 0 aliphatic rings. The fourth-order valence-corrected chi connectivity index (χ4v) is 9.55. The van der Waals surface area contributed by atoms with Crippen LogP contribution in [0.4, 0.5) is 0 Å². The van der Waals surface area contributed by atoms with Crippen LogP contribution in [0.25, 0.3) is 126 Å². The monoisotopic (exact) mass is 673 g/mol. The zero-order valence-corrected chi connectivity index (χ0v) is 28.4. The second kappa shape index (κ2) is 9.81. The minimum Gasteiger partial charge on any atom is -0.454 e. The average Bonchev–Trinajstić information content (AvgIpc) is 3.96. The van der Waals surface area contributed by atoms with E-state index in [1.54, 1.807) is 0 Å². The van der Waals surface area contributed by atoms with Gasteiger partial charge in [-0.05, 0) is 80.2 Å². The Labute approximate surface area is 301 Å². The molecule has 0 aliphatic carbocycles. The van der Waals surface area contributed by atoms with Crippen molar-refractivity contribution < 1.29 is 8.83 Å². The summed E-state index contributed by atoms with van der Waals surface area (Å²) in [7, 11) is 0. The molecule has 13 rings (SSSR count). The van der Waals surface area contributed by atoms with Crippen molar-refractivity contribution in [3.05, 3.63) is 164 Å². The molecule has 0 saturated carbocycles. The number of furan rings is 2. The second-order valence-electron chi connectivity index (χ2n) is 14.3. The molecule has 0 bridgehead atoms. The summed E-state index contributed by atoms with van der Waals surface area (Å²) in [6.45, 7) is 0. The van der Waals surface area contributed by atoms with Crippen molar-refractivity contribution in [2.45, 2.75) is 0 Å². The van der Waals surface area contributed by atoms with Gasteiger partial charge in [0.1, 0.15) is 11.2 Å². The van der Waals surface area contributed by atoms with Gasteiger partial charge in [-0.1, -0.05) is 127 Å². The molecule has 0 spiro atoms. The van der Waals surface area contributed by atoms with Crippen molar-refractivity contribution in [2.75, 3.05) is 0 Å². The minimum absolute atomic E-state index is 0.894. The highest BCUT2D eigenvalue weighted by molar-refractivity contribution is 6.33. The van der Waals surface area contributed by atoms with Crippen molar-refractivity contribution in [3.8, 4) is 22.3 Å². The highest BCUT2D eigenvalue weighted by Crippen LogP contribution is 2.50. The molecule has 0 fully saturated rings. The summed E-state index contributed by atoms with van der Waals surface area (Å²) >= 11 is 0. The number of rotatable bonds is 2. The van der Waals surface area contributed by atoms with Crippen LogP contribution in [0.15, 0.2) is 173 Å². The van der Waals surface area contributed by atoms with E-state index in [-0.39, 0.29) is 0 Å². The highest BCUT2D eigenvalue weighted by atomic mass is 16.3. The van der Waals surface area contributed by atoms with Crippen LogP contribution < -0.4 is 0 Å². The van der Waals surface area contributed by atoms with E-state index in [2.05, 4.69) is 156 Å². The molecule has 4 aromatic heterocycles. The van der Waals surface area contributed by atoms with E-state index < -0.39 is 0 Å². The zero-order chi connectivity index (χ0) is 34.4. The maximum Gasteiger partial charge on any atom is 0.160 e. The number of hydrogen-bond acceptors (Lipinski definition) is 2. The third-order valence-corrected chi connectivity index (χ3v) is 11.7. The Morgan fingerprint density at radius 2 is 0.679 bits per heavy atom. The van der Waals surface area contributed by atoms with Crippen LogP contribution in [0.3, 0.4) is 0 Å².